The lowest BCUT2D eigenvalue weighted by molar-refractivity contribution is -0.0446. The van der Waals surface area contributed by atoms with Gasteiger partial charge in [-0.25, -0.2) is 9.57 Å². The summed E-state index contributed by atoms with van der Waals surface area (Å²) >= 11 is 0. The van der Waals surface area contributed by atoms with Gasteiger partial charge in [0.25, 0.3) is 5.91 Å². The highest BCUT2D eigenvalue weighted by Gasteiger charge is 2.47. The molecule has 0 aliphatic heterocycles. The Morgan fingerprint density at radius 1 is 1.22 bits per heavy atom. The molecular weight excluding hydrogens is 273 g/mol. The molecule has 0 atom stereocenters. The number of amides is 1. The fourth-order valence-corrected chi connectivity index (χ4v) is 1.40. The number of hydrogen-bond acceptors (Lipinski definition) is 3. The van der Waals surface area contributed by atoms with E-state index in [0.717, 1.165) is 16.9 Å². The monoisotopic (exact) mass is 278 g/mol. The van der Waals surface area contributed by atoms with Gasteiger partial charge < -0.3 is 0 Å². The van der Waals surface area contributed by atoms with E-state index in [2.05, 4.69) is 4.85 Å². The molecule has 0 aliphatic carbocycles. The van der Waals surface area contributed by atoms with Crippen molar-refractivity contribution >= 4 is 21.6 Å². The van der Waals surface area contributed by atoms with Crippen molar-refractivity contribution in [3.8, 4) is 0 Å². The second-order valence-electron chi connectivity index (χ2n) is 3.04. The first-order valence-electron chi connectivity index (χ1n) is 4.28. The Balaban J connectivity index is 2.94. The van der Waals surface area contributed by atoms with E-state index in [1.54, 1.807) is 0 Å². The maximum Gasteiger partial charge on any atom is 0.516 e. The molecule has 5 nitrogen and oxygen atoms in total. The second-order valence-corrected chi connectivity index (χ2v) is 4.71. The first-order valence-corrected chi connectivity index (χ1v) is 5.76. The summed E-state index contributed by atoms with van der Waals surface area (Å²) in [5, 5.41) is 0. The quantitative estimate of drug-likeness (QED) is 0.839. The van der Waals surface area contributed by atoms with E-state index in [9.17, 15) is 26.4 Å². The Kier molecular flexibility index (Phi) is 3.62. The molecular formula is C9H5F3N2O3S. The molecule has 0 saturated carbocycles. The lowest BCUT2D eigenvalue weighted by Crippen LogP contribution is -2.40. The standard InChI is InChI=1S/C9H5F3N2O3S/c1-13-7-4-2-6(3-5-7)8(15)14-18(16,17)9(10,11)12/h2-5H,(H,14,15). The molecule has 1 N–H and O–H groups in total. The van der Waals surface area contributed by atoms with Crippen molar-refractivity contribution in [2.45, 2.75) is 5.51 Å². The van der Waals surface area contributed by atoms with E-state index >= 15 is 0 Å². The van der Waals surface area contributed by atoms with E-state index in [1.807, 2.05) is 0 Å². The molecule has 9 heteroatoms. The largest absolute Gasteiger partial charge is 0.516 e. The van der Waals surface area contributed by atoms with Crippen LogP contribution in [0.1, 0.15) is 10.4 Å². The lowest BCUT2D eigenvalue weighted by Gasteiger charge is -2.09. The third kappa shape index (κ3) is 2.98. The molecule has 0 aromatic heterocycles. The molecule has 0 spiro atoms. The smallest absolute Gasteiger partial charge is 0.268 e. The van der Waals surface area contributed by atoms with Gasteiger partial charge in [0.15, 0.2) is 5.69 Å². The first-order chi connectivity index (χ1) is 8.17. The topological polar surface area (TPSA) is 67.6 Å². The van der Waals surface area contributed by atoms with Gasteiger partial charge in [-0.1, -0.05) is 24.3 Å². The van der Waals surface area contributed by atoms with Gasteiger partial charge in [-0.15, -0.1) is 0 Å². The minimum absolute atomic E-state index is 0.172. The highest BCUT2D eigenvalue weighted by molar-refractivity contribution is 7.90. The van der Waals surface area contributed by atoms with Gasteiger partial charge in [0, 0.05) is 5.56 Å². The van der Waals surface area contributed by atoms with Gasteiger partial charge >= 0.3 is 15.5 Å². The summed E-state index contributed by atoms with van der Waals surface area (Å²) in [6.45, 7) is 6.63. The average molecular weight is 278 g/mol. The normalized spacial score (nSPS) is 11.7. The molecule has 1 aromatic carbocycles. The van der Waals surface area contributed by atoms with Crippen molar-refractivity contribution in [2.75, 3.05) is 0 Å². The maximum atomic E-state index is 12.0. The molecule has 1 amide bonds. The molecule has 0 fully saturated rings. The van der Waals surface area contributed by atoms with Crippen LogP contribution in [0.3, 0.4) is 0 Å². The predicted octanol–water partition coefficient (Wildman–Crippen LogP) is 1.82. The van der Waals surface area contributed by atoms with E-state index in [1.165, 1.54) is 12.1 Å². The van der Waals surface area contributed by atoms with Crippen LogP contribution in [0.2, 0.25) is 0 Å². The SMILES string of the molecule is [C-]#[N+]c1ccc(C(=O)NS(=O)(=O)C(F)(F)F)cc1. The molecule has 0 heterocycles. The minimum atomic E-state index is -5.72. The Bertz CT molecular complexity index is 599. The van der Waals surface area contributed by atoms with Crippen molar-refractivity contribution in [2.24, 2.45) is 0 Å². The van der Waals surface area contributed by atoms with E-state index in [0.29, 0.717) is 0 Å². The van der Waals surface area contributed by atoms with Gasteiger partial charge in [0.1, 0.15) is 0 Å². The van der Waals surface area contributed by atoms with Crippen molar-refractivity contribution in [3.63, 3.8) is 0 Å². The molecule has 1 rings (SSSR count). The Labute approximate surface area is 100 Å². The molecule has 0 saturated heterocycles. The molecule has 1 aromatic rings. The third-order valence-electron chi connectivity index (χ3n) is 1.79. The van der Waals surface area contributed by atoms with Crippen LogP contribution < -0.4 is 4.72 Å². The van der Waals surface area contributed by atoms with E-state index in [4.69, 9.17) is 6.57 Å². The summed E-state index contributed by atoms with van der Waals surface area (Å²) in [5.74, 6) is -1.41. The van der Waals surface area contributed by atoms with Crippen LogP contribution >= 0.6 is 0 Å². The van der Waals surface area contributed by atoms with Crippen LogP contribution in [-0.2, 0) is 10.0 Å². The number of carbonyl (C=O) groups excluding carboxylic acids is 1. The number of nitrogens with zero attached hydrogens (tertiary/aromatic N) is 1. The number of nitrogens with one attached hydrogen (secondary N) is 1. The van der Waals surface area contributed by atoms with Crippen molar-refractivity contribution < 1.29 is 26.4 Å². The maximum absolute atomic E-state index is 12.0. The molecule has 0 bridgehead atoms. The van der Waals surface area contributed by atoms with E-state index < -0.39 is 21.4 Å². The number of halogens is 3. The fraction of sp³-hybridized carbons (Fsp3) is 0.111. The molecule has 0 aliphatic rings. The van der Waals surface area contributed by atoms with Crippen LogP contribution in [0, 0.1) is 6.57 Å². The van der Waals surface area contributed by atoms with Gasteiger partial charge in [-0.05, 0) is 0 Å². The number of benzene rings is 1. The second kappa shape index (κ2) is 4.66. The van der Waals surface area contributed by atoms with Gasteiger partial charge in [-0.3, -0.25) is 4.79 Å². The summed E-state index contributed by atoms with van der Waals surface area (Å²) in [6.07, 6.45) is 0. The zero-order valence-corrected chi connectivity index (χ0v) is 9.34. The summed E-state index contributed by atoms with van der Waals surface area (Å²) in [4.78, 5) is 14.2. The zero-order chi connectivity index (χ0) is 14.0. The Morgan fingerprint density at radius 3 is 2.11 bits per heavy atom. The highest BCUT2D eigenvalue weighted by atomic mass is 32.2. The molecule has 96 valence electrons. The molecule has 0 radical (unpaired) electrons. The van der Waals surface area contributed by atoms with Crippen LogP contribution in [0.25, 0.3) is 4.85 Å². The van der Waals surface area contributed by atoms with Crippen molar-refractivity contribution in [1.82, 2.24) is 4.72 Å². The van der Waals surface area contributed by atoms with Crippen LogP contribution in [0.5, 0.6) is 0 Å². The van der Waals surface area contributed by atoms with Crippen molar-refractivity contribution in [3.05, 3.63) is 41.2 Å². The highest BCUT2D eigenvalue weighted by Crippen LogP contribution is 2.22. The third-order valence-corrected chi connectivity index (χ3v) is 2.85. The average Bonchev–Trinajstić information content (AvgIpc) is 2.27. The summed E-state index contributed by atoms with van der Waals surface area (Å²) < 4.78 is 58.1. The molecule has 18 heavy (non-hydrogen) atoms. The number of alkyl halides is 3. The minimum Gasteiger partial charge on any atom is -0.268 e. The number of hydrogen-bond donors (Lipinski definition) is 1. The lowest BCUT2D eigenvalue weighted by atomic mass is 10.2. The fourth-order valence-electron chi connectivity index (χ4n) is 0.926. The predicted molar refractivity (Wildman–Crippen MR) is 55.1 cm³/mol. The van der Waals surface area contributed by atoms with Crippen molar-refractivity contribution in [1.29, 1.82) is 0 Å². The van der Waals surface area contributed by atoms with Gasteiger partial charge in [0.2, 0.25) is 0 Å². The summed E-state index contributed by atoms with van der Waals surface area (Å²) in [6, 6.07) is 4.47. The summed E-state index contributed by atoms with van der Waals surface area (Å²) in [5.41, 5.74) is -5.68. The Morgan fingerprint density at radius 2 is 1.72 bits per heavy atom. The summed E-state index contributed by atoms with van der Waals surface area (Å²) in [7, 11) is -5.72. The van der Waals surface area contributed by atoms with Crippen LogP contribution in [-0.4, -0.2) is 19.8 Å². The first kappa shape index (κ1) is 14.0. The van der Waals surface area contributed by atoms with Crippen LogP contribution in [0.4, 0.5) is 18.9 Å². The van der Waals surface area contributed by atoms with E-state index in [-0.39, 0.29) is 11.3 Å². The number of rotatable bonds is 2. The number of carbonyl (C=O) groups is 1. The van der Waals surface area contributed by atoms with Crippen LogP contribution in [0.15, 0.2) is 24.3 Å². The number of sulfonamides is 1. The molecule has 0 unspecified atom stereocenters. The Hall–Kier alpha value is -2.08. The van der Waals surface area contributed by atoms with Gasteiger partial charge in [-0.2, -0.15) is 21.6 Å². The zero-order valence-electron chi connectivity index (χ0n) is 8.52. The van der Waals surface area contributed by atoms with Gasteiger partial charge in [0.05, 0.1) is 6.57 Å².